The Bertz CT molecular complexity index is 398. The van der Waals surface area contributed by atoms with Crippen LogP contribution in [-0.2, 0) is 6.54 Å². The molecule has 0 aromatic heterocycles. The van der Waals surface area contributed by atoms with Gasteiger partial charge in [0.05, 0.1) is 14.2 Å². The summed E-state index contributed by atoms with van der Waals surface area (Å²) in [6.45, 7) is 7.60. The minimum absolute atomic E-state index is 0.204. The van der Waals surface area contributed by atoms with Crippen LogP contribution in [0.5, 0.6) is 11.5 Å². The van der Waals surface area contributed by atoms with Gasteiger partial charge in [-0.05, 0) is 44.0 Å². The minimum atomic E-state index is -0.204. The number of hydrogen-bond acceptors (Lipinski definition) is 4. The summed E-state index contributed by atoms with van der Waals surface area (Å²) < 4.78 is 10.6. The largest absolute Gasteiger partial charge is 0.493 e. The molecule has 0 amide bonds. The van der Waals surface area contributed by atoms with Crippen LogP contribution in [-0.4, -0.2) is 26.3 Å². The van der Waals surface area contributed by atoms with Gasteiger partial charge in [0.2, 0.25) is 0 Å². The zero-order valence-corrected chi connectivity index (χ0v) is 12.0. The number of hydrogen-bond donors (Lipinski definition) is 2. The van der Waals surface area contributed by atoms with E-state index in [1.165, 1.54) is 11.1 Å². The average molecular weight is 252 g/mol. The normalized spacial score (nSPS) is 11.4. The van der Waals surface area contributed by atoms with Crippen molar-refractivity contribution in [1.29, 1.82) is 0 Å². The minimum Gasteiger partial charge on any atom is -0.493 e. The van der Waals surface area contributed by atoms with E-state index < -0.39 is 0 Å². The molecule has 18 heavy (non-hydrogen) atoms. The van der Waals surface area contributed by atoms with Crippen LogP contribution >= 0.6 is 0 Å². The molecule has 0 fully saturated rings. The van der Waals surface area contributed by atoms with Crippen molar-refractivity contribution in [3.63, 3.8) is 0 Å². The average Bonchev–Trinajstić information content (AvgIpc) is 2.29. The molecule has 0 saturated carbocycles. The monoisotopic (exact) mass is 252 g/mol. The van der Waals surface area contributed by atoms with E-state index in [4.69, 9.17) is 15.2 Å². The second-order valence-corrected chi connectivity index (χ2v) is 5.23. The van der Waals surface area contributed by atoms with Crippen LogP contribution in [0.4, 0.5) is 0 Å². The van der Waals surface area contributed by atoms with Crippen LogP contribution in [0.15, 0.2) is 12.1 Å². The first-order valence-electron chi connectivity index (χ1n) is 6.08. The summed E-state index contributed by atoms with van der Waals surface area (Å²) in [6.07, 6.45) is 0. The lowest BCUT2D eigenvalue weighted by molar-refractivity contribution is 0.354. The highest BCUT2D eigenvalue weighted by Gasteiger charge is 2.11. The van der Waals surface area contributed by atoms with E-state index in [0.29, 0.717) is 0 Å². The molecular weight excluding hydrogens is 228 g/mol. The van der Waals surface area contributed by atoms with Gasteiger partial charge in [-0.3, -0.25) is 0 Å². The highest BCUT2D eigenvalue weighted by Crippen LogP contribution is 2.30. The van der Waals surface area contributed by atoms with Crippen molar-refractivity contribution < 1.29 is 9.47 Å². The van der Waals surface area contributed by atoms with Crippen LogP contribution in [0.25, 0.3) is 0 Å². The number of nitrogens with one attached hydrogen (secondary N) is 1. The molecule has 4 nitrogen and oxygen atoms in total. The summed E-state index contributed by atoms with van der Waals surface area (Å²) in [6, 6.07) is 3.99. The zero-order valence-electron chi connectivity index (χ0n) is 12.0. The lowest BCUT2D eigenvalue weighted by Gasteiger charge is -2.20. The third-order valence-electron chi connectivity index (χ3n) is 2.74. The summed E-state index contributed by atoms with van der Waals surface area (Å²) in [7, 11) is 3.29. The van der Waals surface area contributed by atoms with E-state index in [2.05, 4.69) is 12.2 Å². The van der Waals surface area contributed by atoms with Gasteiger partial charge < -0.3 is 20.5 Å². The molecule has 0 saturated heterocycles. The molecule has 0 heterocycles. The molecule has 102 valence electrons. The third-order valence-corrected chi connectivity index (χ3v) is 2.74. The number of benzene rings is 1. The maximum absolute atomic E-state index is 5.93. The first kappa shape index (κ1) is 14.8. The van der Waals surface area contributed by atoms with E-state index in [1.807, 2.05) is 26.0 Å². The van der Waals surface area contributed by atoms with E-state index in [1.54, 1.807) is 14.2 Å². The Labute approximate surface area is 109 Å². The van der Waals surface area contributed by atoms with Gasteiger partial charge >= 0.3 is 0 Å². The summed E-state index contributed by atoms with van der Waals surface area (Å²) in [4.78, 5) is 0. The van der Waals surface area contributed by atoms with Gasteiger partial charge in [0.1, 0.15) is 0 Å². The van der Waals surface area contributed by atoms with Crippen molar-refractivity contribution >= 4 is 0 Å². The van der Waals surface area contributed by atoms with Crippen molar-refractivity contribution in [2.24, 2.45) is 5.73 Å². The van der Waals surface area contributed by atoms with Crippen molar-refractivity contribution in [2.45, 2.75) is 32.9 Å². The van der Waals surface area contributed by atoms with Gasteiger partial charge in [-0.25, -0.2) is 0 Å². The Morgan fingerprint density at radius 3 is 2.22 bits per heavy atom. The van der Waals surface area contributed by atoms with Crippen molar-refractivity contribution in [1.82, 2.24) is 5.32 Å². The fourth-order valence-electron chi connectivity index (χ4n) is 1.73. The predicted molar refractivity (Wildman–Crippen MR) is 74.3 cm³/mol. The fourth-order valence-corrected chi connectivity index (χ4v) is 1.73. The van der Waals surface area contributed by atoms with Crippen molar-refractivity contribution in [3.8, 4) is 11.5 Å². The first-order valence-corrected chi connectivity index (χ1v) is 6.08. The molecule has 0 aliphatic carbocycles. The number of methoxy groups -OCH3 is 2. The second-order valence-electron chi connectivity index (χ2n) is 5.23. The molecule has 0 atom stereocenters. The summed E-state index contributed by atoms with van der Waals surface area (Å²) in [5.41, 5.74) is 8.10. The Balaban J connectivity index is 2.77. The topological polar surface area (TPSA) is 56.5 Å². The number of nitrogens with two attached hydrogens (primary N) is 1. The molecule has 0 bridgehead atoms. The number of rotatable bonds is 6. The summed E-state index contributed by atoms with van der Waals surface area (Å²) in [5, 5.41) is 3.35. The summed E-state index contributed by atoms with van der Waals surface area (Å²) in [5.74, 6) is 1.52. The standard InChI is InChI=1S/C14H24N2O2/c1-10-6-12(17-4)13(18-5)7-11(10)8-16-9-14(2,3)15/h6-7,16H,8-9,15H2,1-5H3. The highest BCUT2D eigenvalue weighted by atomic mass is 16.5. The predicted octanol–water partition coefficient (Wildman–Crippen LogP) is 1.84. The third kappa shape index (κ3) is 4.20. The Hall–Kier alpha value is -1.26. The Kier molecular flexibility index (Phi) is 4.99. The fraction of sp³-hybridized carbons (Fsp3) is 0.571. The Morgan fingerprint density at radius 1 is 1.17 bits per heavy atom. The number of aryl methyl sites for hydroxylation is 1. The molecule has 0 unspecified atom stereocenters. The van der Waals surface area contributed by atoms with E-state index in [0.717, 1.165) is 24.6 Å². The molecule has 1 aromatic rings. The lowest BCUT2D eigenvalue weighted by atomic mass is 10.1. The van der Waals surface area contributed by atoms with E-state index >= 15 is 0 Å². The quantitative estimate of drug-likeness (QED) is 0.811. The van der Waals surface area contributed by atoms with Crippen LogP contribution < -0.4 is 20.5 Å². The smallest absolute Gasteiger partial charge is 0.161 e. The molecule has 1 aromatic carbocycles. The molecule has 0 spiro atoms. The SMILES string of the molecule is COc1cc(C)c(CNCC(C)(C)N)cc1OC. The van der Waals surface area contributed by atoms with E-state index in [-0.39, 0.29) is 5.54 Å². The summed E-state index contributed by atoms with van der Waals surface area (Å²) >= 11 is 0. The van der Waals surface area contributed by atoms with E-state index in [9.17, 15) is 0 Å². The van der Waals surface area contributed by atoms with Crippen molar-refractivity contribution in [3.05, 3.63) is 23.3 Å². The van der Waals surface area contributed by atoms with Gasteiger partial charge in [-0.2, -0.15) is 0 Å². The van der Waals surface area contributed by atoms with Gasteiger partial charge in [-0.1, -0.05) is 0 Å². The highest BCUT2D eigenvalue weighted by molar-refractivity contribution is 5.46. The van der Waals surface area contributed by atoms with Crippen molar-refractivity contribution in [2.75, 3.05) is 20.8 Å². The van der Waals surface area contributed by atoms with Gasteiger partial charge in [0.15, 0.2) is 11.5 Å². The zero-order chi connectivity index (χ0) is 13.8. The van der Waals surface area contributed by atoms with Gasteiger partial charge in [0.25, 0.3) is 0 Å². The molecule has 0 aliphatic heterocycles. The lowest BCUT2D eigenvalue weighted by Crippen LogP contribution is -2.42. The van der Waals surface area contributed by atoms with Gasteiger partial charge in [0, 0.05) is 18.6 Å². The first-order chi connectivity index (χ1) is 8.37. The van der Waals surface area contributed by atoms with Crippen LogP contribution in [0.1, 0.15) is 25.0 Å². The van der Waals surface area contributed by atoms with Crippen LogP contribution in [0.2, 0.25) is 0 Å². The molecule has 0 radical (unpaired) electrons. The maximum Gasteiger partial charge on any atom is 0.161 e. The molecule has 0 aliphatic rings. The number of ether oxygens (including phenoxy) is 2. The molecule has 1 rings (SSSR count). The molecule has 4 heteroatoms. The Morgan fingerprint density at radius 2 is 1.72 bits per heavy atom. The maximum atomic E-state index is 5.93. The van der Waals surface area contributed by atoms with Crippen LogP contribution in [0.3, 0.4) is 0 Å². The molecular formula is C14H24N2O2. The van der Waals surface area contributed by atoms with Crippen LogP contribution in [0, 0.1) is 6.92 Å². The molecule has 3 N–H and O–H groups in total. The second kappa shape index (κ2) is 6.07. The van der Waals surface area contributed by atoms with Gasteiger partial charge in [-0.15, -0.1) is 0 Å².